The number of halogens is 1. The third kappa shape index (κ3) is 5.44. The van der Waals surface area contributed by atoms with E-state index in [-0.39, 0.29) is 29.8 Å². The normalized spacial score (nSPS) is 25.9. The van der Waals surface area contributed by atoms with E-state index in [0.29, 0.717) is 29.9 Å². The van der Waals surface area contributed by atoms with Crippen molar-refractivity contribution >= 4 is 12.0 Å². The summed E-state index contributed by atoms with van der Waals surface area (Å²) in [6.07, 6.45) is 7.34. The Morgan fingerprint density at radius 3 is 2.52 bits per heavy atom. The Balaban J connectivity index is 1.00. The van der Waals surface area contributed by atoms with Gasteiger partial charge in [0.25, 0.3) is 0 Å². The number of amides is 2. The molecular weight excluding hydrogens is 423 g/mol. The topological polar surface area (TPSA) is 59.1 Å². The number of carbonyl (C=O) groups is 2. The fourth-order valence-electron chi connectivity index (χ4n) is 5.19. The van der Waals surface area contributed by atoms with Crippen LogP contribution in [0.15, 0.2) is 18.2 Å². The minimum absolute atomic E-state index is 0.0639. The number of ether oxygens (including phenoxy) is 2. The lowest BCUT2D eigenvalue weighted by molar-refractivity contribution is -0.133. The van der Waals surface area contributed by atoms with Crippen LogP contribution in [0.2, 0.25) is 0 Å². The summed E-state index contributed by atoms with van der Waals surface area (Å²) in [5.41, 5.74) is 0.487. The van der Waals surface area contributed by atoms with Gasteiger partial charge >= 0.3 is 6.09 Å². The number of piperidine rings is 1. The molecular formula is C26H35FN2O4. The molecule has 33 heavy (non-hydrogen) atoms. The minimum Gasteiger partial charge on any atom is -0.491 e. The molecule has 2 aliphatic carbocycles. The van der Waals surface area contributed by atoms with Crippen LogP contribution >= 0.6 is 0 Å². The minimum atomic E-state index is -0.393. The maximum absolute atomic E-state index is 14.4. The van der Waals surface area contributed by atoms with Gasteiger partial charge in [-0.3, -0.25) is 4.79 Å². The molecule has 4 fully saturated rings. The van der Waals surface area contributed by atoms with Crippen molar-refractivity contribution < 1.29 is 23.5 Å². The first-order valence-corrected chi connectivity index (χ1v) is 12.6. The molecule has 0 unspecified atom stereocenters. The summed E-state index contributed by atoms with van der Waals surface area (Å²) in [4.78, 5) is 28.0. The molecule has 1 aromatic rings. The van der Waals surface area contributed by atoms with Crippen LogP contribution < -0.4 is 4.74 Å². The first-order valence-electron chi connectivity index (χ1n) is 12.6. The lowest BCUT2D eigenvalue weighted by Gasteiger charge is -2.32. The molecule has 0 N–H and O–H groups in total. The number of hydrogen-bond donors (Lipinski definition) is 0. The van der Waals surface area contributed by atoms with Crippen LogP contribution in [0.5, 0.6) is 5.75 Å². The van der Waals surface area contributed by atoms with E-state index < -0.39 is 5.82 Å². The molecule has 2 amide bonds. The van der Waals surface area contributed by atoms with E-state index in [4.69, 9.17) is 9.47 Å². The van der Waals surface area contributed by atoms with Gasteiger partial charge in [0.15, 0.2) is 11.6 Å². The van der Waals surface area contributed by atoms with Gasteiger partial charge in [-0.1, -0.05) is 6.07 Å². The van der Waals surface area contributed by atoms with Crippen molar-refractivity contribution in [1.29, 1.82) is 0 Å². The highest BCUT2D eigenvalue weighted by Gasteiger charge is 2.45. The number of hydrogen-bond acceptors (Lipinski definition) is 4. The van der Waals surface area contributed by atoms with Crippen LogP contribution in [0.4, 0.5) is 9.18 Å². The highest BCUT2D eigenvalue weighted by atomic mass is 19.1. The zero-order valence-electron chi connectivity index (χ0n) is 19.6. The quantitative estimate of drug-likeness (QED) is 0.579. The van der Waals surface area contributed by atoms with Gasteiger partial charge in [0.2, 0.25) is 5.91 Å². The zero-order chi connectivity index (χ0) is 23.0. The van der Waals surface area contributed by atoms with Crippen LogP contribution in [0, 0.1) is 23.6 Å². The monoisotopic (exact) mass is 458 g/mol. The van der Waals surface area contributed by atoms with Gasteiger partial charge in [-0.2, -0.15) is 0 Å². The summed E-state index contributed by atoms with van der Waals surface area (Å²) in [5, 5.41) is 0. The molecule has 1 aromatic carbocycles. The molecule has 7 heteroatoms. The summed E-state index contributed by atoms with van der Waals surface area (Å²) >= 11 is 0. The number of benzene rings is 1. The molecule has 0 spiro atoms. The van der Waals surface area contributed by atoms with Crippen molar-refractivity contribution in [3.63, 3.8) is 0 Å². The van der Waals surface area contributed by atoms with Crippen LogP contribution in [0.1, 0.15) is 57.4 Å². The second-order valence-corrected chi connectivity index (χ2v) is 10.6. The summed E-state index contributed by atoms with van der Waals surface area (Å²) in [7, 11) is 0. The number of rotatable bonds is 8. The average Bonchev–Trinajstić information content (AvgIpc) is 3.66. The highest BCUT2D eigenvalue weighted by molar-refractivity contribution is 5.79. The fraction of sp³-hybridized carbons (Fsp3) is 0.692. The number of nitrogens with zero attached hydrogens (tertiary/aromatic N) is 2. The average molecular weight is 459 g/mol. The predicted octanol–water partition coefficient (Wildman–Crippen LogP) is 4.41. The maximum Gasteiger partial charge on any atom is 0.410 e. The van der Waals surface area contributed by atoms with E-state index in [9.17, 15) is 14.0 Å². The van der Waals surface area contributed by atoms with Gasteiger partial charge in [-0.15, -0.1) is 0 Å². The Bertz CT molecular complexity index is 890. The van der Waals surface area contributed by atoms with E-state index in [1.807, 2.05) is 11.8 Å². The molecule has 0 radical (unpaired) electrons. The van der Waals surface area contributed by atoms with E-state index in [0.717, 1.165) is 64.7 Å². The second-order valence-electron chi connectivity index (χ2n) is 10.6. The van der Waals surface area contributed by atoms with Gasteiger partial charge in [0.1, 0.15) is 5.60 Å². The van der Waals surface area contributed by atoms with Gasteiger partial charge in [-0.25, -0.2) is 9.18 Å². The van der Waals surface area contributed by atoms with Crippen molar-refractivity contribution in [2.24, 2.45) is 17.8 Å². The molecule has 2 saturated heterocycles. The van der Waals surface area contributed by atoms with E-state index in [1.54, 1.807) is 17.0 Å². The Kier molecular flexibility index (Phi) is 6.23. The first-order chi connectivity index (χ1) is 15.9. The third-order valence-electron chi connectivity index (χ3n) is 7.98. The molecule has 2 atom stereocenters. The van der Waals surface area contributed by atoms with Crippen LogP contribution in [0.25, 0.3) is 0 Å². The smallest absolute Gasteiger partial charge is 0.410 e. The van der Waals surface area contributed by atoms with Crippen molar-refractivity contribution in [3.05, 3.63) is 29.6 Å². The summed E-state index contributed by atoms with van der Waals surface area (Å²) < 4.78 is 25.7. The SMILES string of the molecule is CC1(OC(=O)N2CCC([C@H]3C[C@@H]3CCOc3ccc(CC(=O)N4CCC4)cc3F)CC2)CC1. The molecule has 2 aliphatic heterocycles. The Morgan fingerprint density at radius 2 is 1.88 bits per heavy atom. The van der Waals surface area contributed by atoms with E-state index >= 15 is 0 Å². The second kappa shape index (κ2) is 9.15. The largest absolute Gasteiger partial charge is 0.491 e. The van der Waals surface area contributed by atoms with Crippen molar-refractivity contribution in [2.75, 3.05) is 32.8 Å². The van der Waals surface area contributed by atoms with Gasteiger partial charge in [-0.05, 0) is 87.3 Å². The number of likely N-dealkylation sites (tertiary alicyclic amines) is 2. The molecule has 0 bridgehead atoms. The first kappa shape index (κ1) is 22.5. The Morgan fingerprint density at radius 1 is 1.12 bits per heavy atom. The third-order valence-corrected chi connectivity index (χ3v) is 7.98. The van der Waals surface area contributed by atoms with Crippen molar-refractivity contribution in [3.8, 4) is 5.75 Å². The van der Waals surface area contributed by atoms with E-state index in [2.05, 4.69) is 0 Å². The molecule has 6 nitrogen and oxygen atoms in total. The molecule has 180 valence electrons. The molecule has 5 rings (SSSR count). The zero-order valence-corrected chi connectivity index (χ0v) is 19.6. The Hall–Kier alpha value is -2.31. The summed E-state index contributed by atoms with van der Waals surface area (Å²) in [6, 6.07) is 4.86. The molecule has 0 aromatic heterocycles. The van der Waals surface area contributed by atoms with Crippen LogP contribution in [-0.4, -0.2) is 60.2 Å². The van der Waals surface area contributed by atoms with Gasteiger partial charge in [0.05, 0.1) is 13.0 Å². The summed E-state index contributed by atoms with van der Waals surface area (Å²) in [6.45, 7) is 5.72. The standard InChI is InChI=1S/C26H35FN2O4/c1-26(8-9-26)33-25(31)29-12-5-19(6-13-29)21-17-20(21)7-14-32-23-4-3-18(15-22(23)27)16-24(30)28-10-2-11-28/h3-4,15,19-21H,2,5-14,16-17H2,1H3/t20-,21+/m0/s1. The van der Waals surface area contributed by atoms with Gasteiger partial charge < -0.3 is 19.3 Å². The fourth-order valence-corrected chi connectivity index (χ4v) is 5.19. The molecule has 2 saturated carbocycles. The van der Waals surface area contributed by atoms with Crippen LogP contribution in [0.3, 0.4) is 0 Å². The predicted molar refractivity (Wildman–Crippen MR) is 121 cm³/mol. The molecule has 2 heterocycles. The van der Waals surface area contributed by atoms with Crippen LogP contribution in [-0.2, 0) is 16.0 Å². The summed E-state index contributed by atoms with van der Waals surface area (Å²) in [5.74, 6) is 1.94. The number of carbonyl (C=O) groups excluding carboxylic acids is 2. The van der Waals surface area contributed by atoms with Gasteiger partial charge in [0, 0.05) is 26.2 Å². The van der Waals surface area contributed by atoms with E-state index in [1.165, 1.54) is 12.5 Å². The van der Waals surface area contributed by atoms with Crippen molar-refractivity contribution in [1.82, 2.24) is 9.80 Å². The highest BCUT2D eigenvalue weighted by Crippen LogP contribution is 2.50. The molecule has 4 aliphatic rings. The lowest BCUT2D eigenvalue weighted by atomic mass is 9.91. The lowest BCUT2D eigenvalue weighted by Crippen LogP contribution is -2.42. The Labute approximate surface area is 195 Å². The van der Waals surface area contributed by atoms with Crippen molar-refractivity contribution in [2.45, 2.75) is 63.9 Å². The maximum atomic E-state index is 14.4.